The molecule has 3 nitrogen and oxygen atoms in total. The van der Waals surface area contributed by atoms with Gasteiger partial charge in [-0.15, -0.1) is 0 Å². The Morgan fingerprint density at radius 2 is 1.71 bits per heavy atom. The fourth-order valence-corrected chi connectivity index (χ4v) is 2.23. The molecule has 0 fully saturated rings. The molecule has 112 valence electrons. The highest BCUT2D eigenvalue weighted by Gasteiger charge is 2.18. The molecule has 0 aliphatic heterocycles. The highest BCUT2D eigenvalue weighted by atomic mass is 19.1. The first-order valence-electron chi connectivity index (χ1n) is 6.44. The van der Waals surface area contributed by atoms with Crippen LogP contribution in [0.3, 0.4) is 0 Å². The lowest BCUT2D eigenvalue weighted by atomic mass is 9.98. The van der Waals surface area contributed by atoms with E-state index in [0.717, 1.165) is 0 Å². The summed E-state index contributed by atoms with van der Waals surface area (Å²) in [6, 6.07) is 8.70. The van der Waals surface area contributed by atoms with Crippen LogP contribution in [-0.4, -0.2) is 21.3 Å². The van der Waals surface area contributed by atoms with Gasteiger partial charge in [0.1, 0.15) is 11.6 Å². The van der Waals surface area contributed by atoms with Crippen LogP contribution in [0.25, 0.3) is 0 Å². The molecule has 0 aliphatic carbocycles. The van der Waals surface area contributed by atoms with Crippen LogP contribution in [0, 0.1) is 11.6 Å². The summed E-state index contributed by atoms with van der Waals surface area (Å²) in [4.78, 5) is 0. The fraction of sp³-hybridized carbons (Fsp3) is 0.250. The Labute approximate surface area is 122 Å². The standard InChI is InChI=1S/C16H17F2NO2/c1-19-16(10-4-7-15(21-3)14(18)8-10)12-6-5-11(20-2)9-13(12)17/h4-9,16,19H,1-3H3. The van der Waals surface area contributed by atoms with Gasteiger partial charge in [0.05, 0.1) is 20.3 Å². The van der Waals surface area contributed by atoms with E-state index in [0.29, 0.717) is 16.9 Å². The van der Waals surface area contributed by atoms with Gasteiger partial charge in [0.2, 0.25) is 0 Å². The predicted octanol–water partition coefficient (Wildman–Crippen LogP) is 3.29. The molecule has 1 unspecified atom stereocenters. The van der Waals surface area contributed by atoms with Crippen molar-refractivity contribution in [2.45, 2.75) is 6.04 Å². The Morgan fingerprint density at radius 1 is 0.952 bits per heavy atom. The summed E-state index contributed by atoms with van der Waals surface area (Å²) in [5.74, 6) is -0.301. The molecule has 0 bridgehead atoms. The van der Waals surface area contributed by atoms with E-state index in [1.54, 1.807) is 25.2 Å². The van der Waals surface area contributed by atoms with Crippen molar-refractivity contribution in [2.24, 2.45) is 0 Å². The maximum Gasteiger partial charge on any atom is 0.165 e. The summed E-state index contributed by atoms with van der Waals surface area (Å²) >= 11 is 0. The number of halogens is 2. The second-order valence-electron chi connectivity index (χ2n) is 4.50. The lowest BCUT2D eigenvalue weighted by Gasteiger charge is -2.19. The predicted molar refractivity (Wildman–Crippen MR) is 76.8 cm³/mol. The topological polar surface area (TPSA) is 30.5 Å². The smallest absolute Gasteiger partial charge is 0.165 e. The maximum absolute atomic E-state index is 14.2. The largest absolute Gasteiger partial charge is 0.497 e. The Balaban J connectivity index is 2.42. The first-order chi connectivity index (χ1) is 10.1. The normalized spacial score (nSPS) is 12.0. The number of nitrogens with one attached hydrogen (secondary N) is 1. The fourth-order valence-electron chi connectivity index (χ4n) is 2.23. The first kappa shape index (κ1) is 15.3. The van der Waals surface area contributed by atoms with E-state index >= 15 is 0 Å². The molecule has 0 heterocycles. The second kappa shape index (κ2) is 6.54. The van der Waals surface area contributed by atoms with Crippen molar-refractivity contribution >= 4 is 0 Å². The molecule has 0 aliphatic rings. The van der Waals surface area contributed by atoms with Gasteiger partial charge in [-0.25, -0.2) is 8.78 Å². The maximum atomic E-state index is 14.2. The van der Waals surface area contributed by atoms with Crippen molar-refractivity contribution in [1.29, 1.82) is 0 Å². The molecule has 0 amide bonds. The number of methoxy groups -OCH3 is 2. The molecule has 0 saturated heterocycles. The van der Waals surface area contributed by atoms with E-state index in [-0.39, 0.29) is 5.75 Å². The Hall–Kier alpha value is -2.14. The van der Waals surface area contributed by atoms with Crippen LogP contribution in [0.5, 0.6) is 11.5 Å². The minimum Gasteiger partial charge on any atom is -0.497 e. The molecule has 1 N–H and O–H groups in total. The van der Waals surface area contributed by atoms with E-state index in [1.165, 1.54) is 32.4 Å². The third-order valence-corrected chi connectivity index (χ3v) is 3.32. The second-order valence-corrected chi connectivity index (χ2v) is 4.50. The van der Waals surface area contributed by atoms with E-state index in [4.69, 9.17) is 9.47 Å². The van der Waals surface area contributed by atoms with Crippen LogP contribution in [0.15, 0.2) is 36.4 Å². The van der Waals surface area contributed by atoms with Gasteiger partial charge in [0.15, 0.2) is 11.6 Å². The lowest BCUT2D eigenvalue weighted by molar-refractivity contribution is 0.385. The Kier molecular flexibility index (Phi) is 4.75. The Morgan fingerprint density at radius 3 is 2.24 bits per heavy atom. The van der Waals surface area contributed by atoms with Crippen LogP contribution in [0.1, 0.15) is 17.2 Å². The summed E-state index contributed by atoms with van der Waals surface area (Å²) in [5.41, 5.74) is 1.03. The van der Waals surface area contributed by atoms with Crippen molar-refractivity contribution in [3.63, 3.8) is 0 Å². The van der Waals surface area contributed by atoms with Gasteiger partial charge >= 0.3 is 0 Å². The molecule has 2 aromatic carbocycles. The average Bonchev–Trinajstić information content (AvgIpc) is 2.49. The lowest BCUT2D eigenvalue weighted by Crippen LogP contribution is -2.19. The number of benzene rings is 2. The molecule has 0 aromatic heterocycles. The molecule has 1 atom stereocenters. The van der Waals surface area contributed by atoms with Crippen molar-refractivity contribution in [3.05, 3.63) is 59.2 Å². The van der Waals surface area contributed by atoms with Crippen LogP contribution < -0.4 is 14.8 Å². The summed E-state index contributed by atoms with van der Waals surface area (Å²) in [7, 11) is 4.57. The monoisotopic (exact) mass is 293 g/mol. The van der Waals surface area contributed by atoms with Gasteiger partial charge < -0.3 is 14.8 Å². The van der Waals surface area contributed by atoms with Crippen molar-refractivity contribution < 1.29 is 18.3 Å². The van der Waals surface area contributed by atoms with Gasteiger partial charge in [-0.3, -0.25) is 0 Å². The van der Waals surface area contributed by atoms with Gasteiger partial charge in [0.25, 0.3) is 0 Å². The van der Waals surface area contributed by atoms with E-state index in [1.807, 2.05) is 0 Å². The summed E-state index contributed by atoms with van der Waals surface area (Å²) in [6.07, 6.45) is 0. The summed E-state index contributed by atoms with van der Waals surface area (Å²) in [6.45, 7) is 0. The SMILES string of the molecule is CNC(c1ccc(OC)c(F)c1)c1ccc(OC)cc1F. The van der Waals surface area contributed by atoms with E-state index < -0.39 is 17.7 Å². The van der Waals surface area contributed by atoms with Gasteiger partial charge in [-0.05, 0) is 30.8 Å². The molecule has 2 aromatic rings. The first-order valence-corrected chi connectivity index (χ1v) is 6.44. The molecular formula is C16H17F2NO2. The van der Waals surface area contributed by atoms with Crippen LogP contribution in [-0.2, 0) is 0 Å². The molecule has 5 heteroatoms. The van der Waals surface area contributed by atoms with Crippen molar-refractivity contribution in [3.8, 4) is 11.5 Å². The Bertz CT molecular complexity index is 632. The summed E-state index contributed by atoms with van der Waals surface area (Å²) in [5, 5.41) is 2.99. The quantitative estimate of drug-likeness (QED) is 0.917. The van der Waals surface area contributed by atoms with Gasteiger partial charge in [-0.1, -0.05) is 12.1 Å². The minimum absolute atomic E-state index is 0.156. The molecule has 2 rings (SSSR count). The highest BCUT2D eigenvalue weighted by Crippen LogP contribution is 2.29. The van der Waals surface area contributed by atoms with Gasteiger partial charge in [0, 0.05) is 11.6 Å². The van der Waals surface area contributed by atoms with Crippen molar-refractivity contribution in [2.75, 3.05) is 21.3 Å². The van der Waals surface area contributed by atoms with E-state index in [9.17, 15) is 8.78 Å². The average molecular weight is 293 g/mol. The highest BCUT2D eigenvalue weighted by molar-refractivity contribution is 5.39. The third-order valence-electron chi connectivity index (χ3n) is 3.32. The van der Waals surface area contributed by atoms with Gasteiger partial charge in [-0.2, -0.15) is 0 Å². The van der Waals surface area contributed by atoms with Crippen LogP contribution in [0.2, 0.25) is 0 Å². The van der Waals surface area contributed by atoms with Crippen LogP contribution >= 0.6 is 0 Å². The molecular weight excluding hydrogens is 276 g/mol. The van der Waals surface area contributed by atoms with E-state index in [2.05, 4.69) is 5.32 Å². The number of hydrogen-bond donors (Lipinski definition) is 1. The summed E-state index contributed by atoms with van der Waals surface area (Å²) < 4.78 is 37.9. The third kappa shape index (κ3) is 3.13. The number of rotatable bonds is 5. The molecule has 0 radical (unpaired) electrons. The zero-order chi connectivity index (χ0) is 15.4. The van der Waals surface area contributed by atoms with Crippen molar-refractivity contribution in [1.82, 2.24) is 5.32 Å². The van der Waals surface area contributed by atoms with Crippen LogP contribution in [0.4, 0.5) is 8.78 Å². The number of ether oxygens (including phenoxy) is 2. The molecule has 21 heavy (non-hydrogen) atoms. The molecule has 0 saturated carbocycles. The number of hydrogen-bond acceptors (Lipinski definition) is 3. The minimum atomic E-state index is -0.482. The zero-order valence-electron chi connectivity index (χ0n) is 12.1. The zero-order valence-corrected chi connectivity index (χ0v) is 12.1. The molecule has 0 spiro atoms.